The highest BCUT2D eigenvalue weighted by molar-refractivity contribution is 5.76. The fourth-order valence-electron chi connectivity index (χ4n) is 2.78. The number of carbonyl (C=O) groups excluding carboxylic acids is 1. The minimum absolute atomic E-state index is 0.0602. The Labute approximate surface area is 122 Å². The number of amides is 1. The molecule has 8 nitrogen and oxygen atoms in total. The van der Waals surface area contributed by atoms with Crippen molar-refractivity contribution in [2.24, 2.45) is 7.05 Å². The number of nitrogen functional groups attached to an aromatic ring is 1. The molecule has 2 aromatic heterocycles. The van der Waals surface area contributed by atoms with Gasteiger partial charge in [0.1, 0.15) is 18.7 Å². The number of carbonyl (C=O) groups is 1. The SMILES string of the molecule is Cn1cnnc1C1CCCN(C(=O)Cn2cc(N)cn2)C1. The highest BCUT2D eigenvalue weighted by Crippen LogP contribution is 2.25. The maximum Gasteiger partial charge on any atom is 0.244 e. The number of piperidine rings is 1. The van der Waals surface area contributed by atoms with Crippen molar-refractivity contribution < 1.29 is 4.79 Å². The molecule has 0 aromatic carbocycles. The molecule has 1 atom stereocenters. The summed E-state index contributed by atoms with van der Waals surface area (Å²) in [6, 6.07) is 0. The molecule has 1 aliphatic rings. The van der Waals surface area contributed by atoms with Crippen LogP contribution in [0, 0.1) is 0 Å². The Hall–Kier alpha value is -2.38. The predicted molar refractivity (Wildman–Crippen MR) is 76.2 cm³/mol. The zero-order valence-electron chi connectivity index (χ0n) is 12.0. The van der Waals surface area contributed by atoms with E-state index in [9.17, 15) is 4.79 Å². The lowest BCUT2D eigenvalue weighted by atomic mass is 9.97. The Kier molecular flexibility index (Phi) is 3.59. The van der Waals surface area contributed by atoms with E-state index in [0.29, 0.717) is 12.2 Å². The van der Waals surface area contributed by atoms with Gasteiger partial charge in [-0.25, -0.2) is 0 Å². The van der Waals surface area contributed by atoms with E-state index in [1.807, 2.05) is 16.5 Å². The highest BCUT2D eigenvalue weighted by Gasteiger charge is 2.27. The van der Waals surface area contributed by atoms with Crippen molar-refractivity contribution in [3.05, 3.63) is 24.5 Å². The van der Waals surface area contributed by atoms with Crippen LogP contribution in [-0.4, -0.2) is 48.4 Å². The average molecular weight is 289 g/mol. The van der Waals surface area contributed by atoms with Crippen LogP contribution < -0.4 is 5.73 Å². The Morgan fingerprint density at radius 3 is 3.05 bits per heavy atom. The minimum Gasteiger partial charge on any atom is -0.396 e. The molecular weight excluding hydrogens is 270 g/mol. The van der Waals surface area contributed by atoms with E-state index < -0.39 is 0 Å². The van der Waals surface area contributed by atoms with Crippen LogP contribution in [0.3, 0.4) is 0 Å². The summed E-state index contributed by atoms with van der Waals surface area (Å²) in [6.07, 6.45) is 6.92. The molecule has 21 heavy (non-hydrogen) atoms. The normalized spacial score (nSPS) is 18.9. The van der Waals surface area contributed by atoms with Gasteiger partial charge in [0.2, 0.25) is 5.91 Å². The second-order valence-electron chi connectivity index (χ2n) is 5.45. The summed E-state index contributed by atoms with van der Waals surface area (Å²) in [6.45, 7) is 1.69. The van der Waals surface area contributed by atoms with E-state index in [4.69, 9.17) is 5.73 Å². The molecule has 1 aliphatic heterocycles. The average Bonchev–Trinajstić information content (AvgIpc) is 3.07. The fourth-order valence-corrected chi connectivity index (χ4v) is 2.78. The van der Waals surface area contributed by atoms with Gasteiger partial charge in [0.15, 0.2) is 0 Å². The summed E-state index contributed by atoms with van der Waals surface area (Å²) in [7, 11) is 1.93. The molecule has 0 saturated carbocycles. The molecule has 1 unspecified atom stereocenters. The number of aromatic nitrogens is 5. The maximum absolute atomic E-state index is 12.4. The second kappa shape index (κ2) is 5.55. The Bertz CT molecular complexity index is 632. The molecule has 0 spiro atoms. The van der Waals surface area contributed by atoms with E-state index in [0.717, 1.165) is 25.2 Å². The largest absolute Gasteiger partial charge is 0.396 e. The van der Waals surface area contributed by atoms with Crippen molar-refractivity contribution in [1.29, 1.82) is 0 Å². The molecule has 2 N–H and O–H groups in total. The molecular formula is C13H19N7O. The first-order valence-electron chi connectivity index (χ1n) is 7.03. The molecule has 112 valence electrons. The Morgan fingerprint density at radius 2 is 2.38 bits per heavy atom. The smallest absolute Gasteiger partial charge is 0.244 e. The number of hydrogen-bond acceptors (Lipinski definition) is 5. The molecule has 1 fully saturated rings. The number of nitrogens with two attached hydrogens (primary N) is 1. The predicted octanol–water partition coefficient (Wildman–Crippen LogP) is -0.000000000000000167. The minimum atomic E-state index is 0.0602. The monoisotopic (exact) mass is 289 g/mol. The molecule has 0 radical (unpaired) electrons. The third-order valence-electron chi connectivity index (χ3n) is 3.84. The van der Waals surface area contributed by atoms with Gasteiger partial charge in [0.25, 0.3) is 0 Å². The van der Waals surface area contributed by atoms with Crippen LogP contribution in [0.4, 0.5) is 5.69 Å². The van der Waals surface area contributed by atoms with Crippen molar-refractivity contribution in [3.8, 4) is 0 Å². The first-order chi connectivity index (χ1) is 10.1. The quantitative estimate of drug-likeness (QED) is 0.858. The standard InChI is InChI=1S/C13H19N7O/c1-18-9-15-17-13(18)10-3-2-4-19(6-10)12(21)8-20-7-11(14)5-16-20/h5,7,9-10H,2-4,6,8,14H2,1H3. The summed E-state index contributed by atoms with van der Waals surface area (Å²) < 4.78 is 3.50. The van der Waals surface area contributed by atoms with Crippen LogP contribution in [0.25, 0.3) is 0 Å². The topological polar surface area (TPSA) is 94.9 Å². The van der Waals surface area contributed by atoms with Crippen molar-refractivity contribution in [1.82, 2.24) is 29.4 Å². The molecule has 8 heteroatoms. The van der Waals surface area contributed by atoms with Gasteiger partial charge in [-0.15, -0.1) is 10.2 Å². The van der Waals surface area contributed by atoms with Crippen LogP contribution >= 0.6 is 0 Å². The van der Waals surface area contributed by atoms with Gasteiger partial charge in [0.05, 0.1) is 11.9 Å². The number of nitrogens with zero attached hydrogens (tertiary/aromatic N) is 6. The van der Waals surface area contributed by atoms with Crippen molar-refractivity contribution in [3.63, 3.8) is 0 Å². The third-order valence-corrected chi connectivity index (χ3v) is 3.84. The molecule has 0 aliphatic carbocycles. The van der Waals surface area contributed by atoms with Crippen LogP contribution in [0.15, 0.2) is 18.7 Å². The number of likely N-dealkylation sites (tertiary alicyclic amines) is 1. The lowest BCUT2D eigenvalue weighted by Gasteiger charge is -2.32. The highest BCUT2D eigenvalue weighted by atomic mass is 16.2. The zero-order valence-corrected chi connectivity index (χ0v) is 12.0. The van der Waals surface area contributed by atoms with Gasteiger partial charge in [-0.05, 0) is 12.8 Å². The molecule has 3 heterocycles. The van der Waals surface area contributed by atoms with Gasteiger partial charge >= 0.3 is 0 Å². The Balaban J connectivity index is 1.65. The lowest BCUT2D eigenvalue weighted by Crippen LogP contribution is -2.41. The van der Waals surface area contributed by atoms with Crippen LogP contribution in [0.5, 0.6) is 0 Å². The van der Waals surface area contributed by atoms with E-state index in [1.165, 1.54) is 0 Å². The summed E-state index contributed by atoms with van der Waals surface area (Å²) in [5.74, 6) is 1.25. The maximum atomic E-state index is 12.4. The number of hydrogen-bond donors (Lipinski definition) is 1. The van der Waals surface area contributed by atoms with E-state index in [2.05, 4.69) is 15.3 Å². The van der Waals surface area contributed by atoms with E-state index in [1.54, 1.807) is 23.4 Å². The van der Waals surface area contributed by atoms with E-state index >= 15 is 0 Å². The van der Waals surface area contributed by atoms with Crippen molar-refractivity contribution in [2.75, 3.05) is 18.8 Å². The van der Waals surface area contributed by atoms with E-state index in [-0.39, 0.29) is 18.4 Å². The third kappa shape index (κ3) is 2.88. The van der Waals surface area contributed by atoms with Gasteiger partial charge in [-0.2, -0.15) is 5.10 Å². The first-order valence-corrected chi connectivity index (χ1v) is 7.03. The van der Waals surface area contributed by atoms with Gasteiger partial charge in [0, 0.05) is 32.3 Å². The molecule has 0 bridgehead atoms. The summed E-state index contributed by atoms with van der Waals surface area (Å²) in [5, 5.41) is 12.1. The number of rotatable bonds is 3. The zero-order chi connectivity index (χ0) is 14.8. The summed E-state index contributed by atoms with van der Waals surface area (Å²) in [4.78, 5) is 14.2. The molecule has 1 amide bonds. The molecule has 2 aromatic rings. The van der Waals surface area contributed by atoms with Crippen LogP contribution in [-0.2, 0) is 18.4 Å². The van der Waals surface area contributed by atoms with Gasteiger partial charge in [-0.3, -0.25) is 9.48 Å². The molecule has 1 saturated heterocycles. The Morgan fingerprint density at radius 1 is 1.52 bits per heavy atom. The second-order valence-corrected chi connectivity index (χ2v) is 5.45. The summed E-state index contributed by atoms with van der Waals surface area (Å²) >= 11 is 0. The van der Waals surface area contributed by atoms with Crippen LogP contribution in [0.1, 0.15) is 24.6 Å². The van der Waals surface area contributed by atoms with Gasteiger partial charge < -0.3 is 15.2 Å². The lowest BCUT2D eigenvalue weighted by molar-refractivity contribution is -0.133. The van der Waals surface area contributed by atoms with Gasteiger partial charge in [-0.1, -0.05) is 0 Å². The summed E-state index contributed by atoms with van der Waals surface area (Å²) in [5.41, 5.74) is 6.18. The number of aryl methyl sites for hydroxylation is 1. The first kappa shape index (κ1) is 13.6. The molecule has 3 rings (SSSR count). The fraction of sp³-hybridized carbons (Fsp3) is 0.538. The van der Waals surface area contributed by atoms with Crippen molar-refractivity contribution >= 4 is 11.6 Å². The van der Waals surface area contributed by atoms with Crippen LogP contribution in [0.2, 0.25) is 0 Å². The van der Waals surface area contributed by atoms with Crippen molar-refractivity contribution in [2.45, 2.75) is 25.3 Å². The number of anilines is 1.